The average molecular weight is 372 g/mol. The van der Waals surface area contributed by atoms with Crippen LogP contribution in [0.5, 0.6) is 0 Å². The molecule has 0 spiro atoms. The predicted molar refractivity (Wildman–Crippen MR) is 102 cm³/mol. The summed E-state index contributed by atoms with van der Waals surface area (Å²) in [6, 6.07) is 13.8. The van der Waals surface area contributed by atoms with Gasteiger partial charge in [-0.2, -0.15) is 0 Å². The van der Waals surface area contributed by atoms with Gasteiger partial charge in [0.15, 0.2) is 0 Å². The molecule has 2 amide bonds. The van der Waals surface area contributed by atoms with E-state index in [1.807, 2.05) is 18.2 Å². The van der Waals surface area contributed by atoms with Crippen molar-refractivity contribution >= 4 is 40.9 Å². The van der Waals surface area contributed by atoms with Crippen LogP contribution in [0, 0.1) is 0 Å². The summed E-state index contributed by atoms with van der Waals surface area (Å²) in [6.45, 7) is 3.51. The lowest BCUT2D eigenvalue weighted by molar-refractivity contribution is -0.114. The molecule has 0 unspecified atom stereocenters. The van der Waals surface area contributed by atoms with Crippen molar-refractivity contribution in [2.24, 2.45) is 0 Å². The molecule has 2 aromatic carbocycles. The molecule has 7 heteroatoms. The Bertz CT molecular complexity index is 790. The van der Waals surface area contributed by atoms with Gasteiger partial charge in [0.2, 0.25) is 11.8 Å². The molecule has 2 aromatic rings. The Labute approximate surface area is 156 Å². The Morgan fingerprint density at radius 2 is 1.73 bits per heavy atom. The van der Waals surface area contributed by atoms with Gasteiger partial charge < -0.3 is 15.4 Å². The molecule has 0 aliphatic rings. The molecule has 2 rings (SSSR count). The standard InChI is InChI=1S/C19H20N2O4S/c1-3-25-19(24)14-7-9-15(10-8-14)21-18(23)12-26-17-6-4-5-16(11-17)20-13(2)22/h4-11H,3,12H2,1-2H3,(H,20,22)(H,21,23). The number of ether oxygens (including phenoxy) is 1. The molecule has 0 aliphatic carbocycles. The molecule has 0 bridgehead atoms. The molecule has 0 radical (unpaired) electrons. The summed E-state index contributed by atoms with van der Waals surface area (Å²) < 4.78 is 4.91. The van der Waals surface area contributed by atoms with Gasteiger partial charge in [0.05, 0.1) is 17.9 Å². The zero-order valence-corrected chi connectivity index (χ0v) is 15.4. The largest absolute Gasteiger partial charge is 0.462 e. The van der Waals surface area contributed by atoms with E-state index in [1.54, 1.807) is 37.3 Å². The number of nitrogens with one attached hydrogen (secondary N) is 2. The number of thioether (sulfide) groups is 1. The van der Waals surface area contributed by atoms with Crippen molar-refractivity contribution in [3.05, 3.63) is 54.1 Å². The maximum Gasteiger partial charge on any atom is 0.338 e. The zero-order chi connectivity index (χ0) is 18.9. The van der Waals surface area contributed by atoms with Gasteiger partial charge in [-0.3, -0.25) is 9.59 Å². The summed E-state index contributed by atoms with van der Waals surface area (Å²) in [5, 5.41) is 5.48. The molecule has 0 atom stereocenters. The van der Waals surface area contributed by atoms with E-state index in [0.717, 1.165) is 4.90 Å². The van der Waals surface area contributed by atoms with Crippen LogP contribution in [0.25, 0.3) is 0 Å². The fraction of sp³-hybridized carbons (Fsp3) is 0.211. The molecule has 0 saturated carbocycles. The lowest BCUT2D eigenvalue weighted by Crippen LogP contribution is -2.14. The van der Waals surface area contributed by atoms with E-state index >= 15 is 0 Å². The van der Waals surface area contributed by atoms with Crippen LogP contribution >= 0.6 is 11.8 Å². The third-order valence-electron chi connectivity index (χ3n) is 3.20. The van der Waals surface area contributed by atoms with Crippen LogP contribution in [-0.2, 0) is 14.3 Å². The number of benzene rings is 2. The molecule has 26 heavy (non-hydrogen) atoms. The fourth-order valence-electron chi connectivity index (χ4n) is 2.12. The topological polar surface area (TPSA) is 84.5 Å². The Morgan fingerprint density at radius 3 is 2.38 bits per heavy atom. The highest BCUT2D eigenvalue weighted by Gasteiger charge is 2.08. The van der Waals surface area contributed by atoms with E-state index in [-0.39, 0.29) is 23.5 Å². The van der Waals surface area contributed by atoms with Crippen molar-refractivity contribution in [3.63, 3.8) is 0 Å². The summed E-state index contributed by atoms with van der Waals surface area (Å²) >= 11 is 1.37. The second kappa shape index (κ2) is 9.62. The highest BCUT2D eigenvalue weighted by molar-refractivity contribution is 8.00. The van der Waals surface area contributed by atoms with Gasteiger partial charge >= 0.3 is 5.97 Å². The first-order chi connectivity index (χ1) is 12.5. The first kappa shape index (κ1) is 19.5. The van der Waals surface area contributed by atoms with Gasteiger partial charge in [-0.15, -0.1) is 11.8 Å². The summed E-state index contributed by atoms with van der Waals surface area (Å²) in [4.78, 5) is 35.6. The van der Waals surface area contributed by atoms with Crippen molar-refractivity contribution in [3.8, 4) is 0 Å². The SMILES string of the molecule is CCOC(=O)c1ccc(NC(=O)CSc2cccc(NC(C)=O)c2)cc1. The summed E-state index contributed by atoms with van der Waals surface area (Å²) in [5.41, 5.74) is 1.74. The molecule has 136 valence electrons. The highest BCUT2D eigenvalue weighted by atomic mass is 32.2. The minimum Gasteiger partial charge on any atom is -0.462 e. The number of carbonyl (C=O) groups excluding carboxylic acids is 3. The van der Waals surface area contributed by atoms with Crippen LogP contribution in [0.4, 0.5) is 11.4 Å². The lowest BCUT2D eigenvalue weighted by atomic mass is 10.2. The molecule has 0 heterocycles. The van der Waals surface area contributed by atoms with Crippen LogP contribution in [0.2, 0.25) is 0 Å². The number of hydrogen-bond acceptors (Lipinski definition) is 5. The minimum absolute atomic E-state index is 0.142. The van der Waals surface area contributed by atoms with Crippen LogP contribution in [0.15, 0.2) is 53.4 Å². The van der Waals surface area contributed by atoms with E-state index in [0.29, 0.717) is 23.5 Å². The molecule has 0 aromatic heterocycles. The Morgan fingerprint density at radius 1 is 1.00 bits per heavy atom. The lowest BCUT2D eigenvalue weighted by Gasteiger charge is -2.08. The van der Waals surface area contributed by atoms with Crippen LogP contribution in [0.1, 0.15) is 24.2 Å². The quantitative estimate of drug-likeness (QED) is 0.573. The Kier molecular flexibility index (Phi) is 7.23. The number of esters is 1. The van der Waals surface area contributed by atoms with Gasteiger partial charge in [-0.1, -0.05) is 6.07 Å². The molecule has 0 aliphatic heterocycles. The smallest absolute Gasteiger partial charge is 0.338 e. The van der Waals surface area contributed by atoms with Crippen molar-refractivity contribution in [1.82, 2.24) is 0 Å². The first-order valence-electron chi connectivity index (χ1n) is 8.05. The summed E-state index contributed by atoms with van der Waals surface area (Å²) in [7, 11) is 0. The third kappa shape index (κ3) is 6.25. The van der Waals surface area contributed by atoms with E-state index in [9.17, 15) is 14.4 Å². The third-order valence-corrected chi connectivity index (χ3v) is 4.20. The number of carbonyl (C=O) groups is 3. The molecule has 6 nitrogen and oxygen atoms in total. The maximum absolute atomic E-state index is 12.1. The van der Waals surface area contributed by atoms with Crippen molar-refractivity contribution < 1.29 is 19.1 Å². The van der Waals surface area contributed by atoms with E-state index in [1.165, 1.54) is 18.7 Å². The highest BCUT2D eigenvalue weighted by Crippen LogP contribution is 2.22. The number of amides is 2. The average Bonchev–Trinajstić information content (AvgIpc) is 2.60. The summed E-state index contributed by atoms with van der Waals surface area (Å²) in [5.74, 6) is -0.469. The van der Waals surface area contributed by atoms with Gasteiger partial charge in [-0.05, 0) is 49.4 Å². The van der Waals surface area contributed by atoms with E-state index in [4.69, 9.17) is 4.74 Å². The molecule has 0 fully saturated rings. The van der Waals surface area contributed by atoms with Crippen molar-refractivity contribution in [2.75, 3.05) is 23.0 Å². The second-order valence-electron chi connectivity index (χ2n) is 5.34. The molecular formula is C19H20N2O4S. The predicted octanol–water partition coefficient (Wildman–Crippen LogP) is 3.55. The molecular weight excluding hydrogens is 352 g/mol. The van der Waals surface area contributed by atoms with E-state index in [2.05, 4.69) is 10.6 Å². The Hall–Kier alpha value is -2.80. The van der Waals surface area contributed by atoms with Crippen LogP contribution < -0.4 is 10.6 Å². The van der Waals surface area contributed by atoms with Crippen LogP contribution in [0.3, 0.4) is 0 Å². The number of rotatable bonds is 7. The van der Waals surface area contributed by atoms with Crippen LogP contribution in [-0.4, -0.2) is 30.1 Å². The maximum atomic E-state index is 12.1. The number of anilines is 2. The second-order valence-corrected chi connectivity index (χ2v) is 6.39. The van der Waals surface area contributed by atoms with Gasteiger partial charge in [0.25, 0.3) is 0 Å². The van der Waals surface area contributed by atoms with Gasteiger partial charge in [-0.25, -0.2) is 4.79 Å². The van der Waals surface area contributed by atoms with Gasteiger partial charge in [0, 0.05) is 23.2 Å². The van der Waals surface area contributed by atoms with Crippen molar-refractivity contribution in [2.45, 2.75) is 18.7 Å². The normalized spacial score (nSPS) is 10.1. The fourth-order valence-corrected chi connectivity index (χ4v) is 2.87. The van der Waals surface area contributed by atoms with E-state index < -0.39 is 0 Å². The van der Waals surface area contributed by atoms with Gasteiger partial charge in [0.1, 0.15) is 0 Å². The van der Waals surface area contributed by atoms with Crippen molar-refractivity contribution in [1.29, 1.82) is 0 Å². The summed E-state index contributed by atoms with van der Waals surface area (Å²) in [6.07, 6.45) is 0. The Balaban J connectivity index is 1.87. The monoisotopic (exact) mass is 372 g/mol. The zero-order valence-electron chi connectivity index (χ0n) is 14.6. The first-order valence-corrected chi connectivity index (χ1v) is 9.04. The molecule has 2 N–H and O–H groups in total. The number of hydrogen-bond donors (Lipinski definition) is 2. The minimum atomic E-state index is -0.389. The molecule has 0 saturated heterocycles.